The van der Waals surface area contributed by atoms with Gasteiger partial charge in [0, 0.05) is 67.6 Å². The van der Waals surface area contributed by atoms with Gasteiger partial charge in [-0.2, -0.15) is 13.2 Å². The highest BCUT2D eigenvalue weighted by Gasteiger charge is 2.37. The highest BCUT2D eigenvalue weighted by atomic mass is 79.9. The number of aromatic nitrogens is 3. The van der Waals surface area contributed by atoms with E-state index in [2.05, 4.69) is 36.1 Å². The van der Waals surface area contributed by atoms with Crippen molar-refractivity contribution in [3.8, 4) is 0 Å². The number of nitrogen functional groups attached to an aromatic ring is 1. The van der Waals surface area contributed by atoms with E-state index in [-0.39, 0.29) is 41.3 Å². The number of halogens is 4. The molecule has 0 spiro atoms. The molecular weight excluding hydrogens is 733 g/mol. The van der Waals surface area contributed by atoms with E-state index in [1.807, 2.05) is 24.3 Å². The molecule has 0 bridgehead atoms. The Morgan fingerprint density at radius 1 is 0.980 bits per heavy atom. The number of carbonyl (C=O) groups is 2. The quantitative estimate of drug-likeness (QED) is 0.243. The maximum absolute atomic E-state index is 14.0. The van der Waals surface area contributed by atoms with Gasteiger partial charge in [-0.3, -0.25) is 19.2 Å². The Balaban J connectivity index is 1.07. The summed E-state index contributed by atoms with van der Waals surface area (Å²) in [5.74, 6) is -0.449. The van der Waals surface area contributed by atoms with E-state index in [0.717, 1.165) is 42.9 Å². The van der Waals surface area contributed by atoms with Crippen molar-refractivity contribution in [2.75, 3.05) is 58.1 Å². The van der Waals surface area contributed by atoms with Gasteiger partial charge >= 0.3 is 18.0 Å². The number of hydrogen-bond donors (Lipinski definition) is 3. The van der Waals surface area contributed by atoms with Crippen LogP contribution in [0, 0.1) is 0 Å². The van der Waals surface area contributed by atoms with Crippen molar-refractivity contribution >= 4 is 55.6 Å². The lowest BCUT2D eigenvalue weighted by Gasteiger charge is -2.41. The van der Waals surface area contributed by atoms with Crippen molar-refractivity contribution < 1.29 is 27.5 Å². The van der Waals surface area contributed by atoms with Gasteiger partial charge in [-0.05, 0) is 78.5 Å². The van der Waals surface area contributed by atoms with Crippen LogP contribution >= 0.6 is 15.9 Å². The third-order valence-electron chi connectivity index (χ3n) is 10.4. The number of aromatic amines is 1. The number of imidazole rings is 1. The molecule has 3 saturated heterocycles. The van der Waals surface area contributed by atoms with Gasteiger partial charge in [-0.25, -0.2) is 9.59 Å². The van der Waals surface area contributed by atoms with Crippen LogP contribution in [0.5, 0.6) is 0 Å². The van der Waals surface area contributed by atoms with Crippen molar-refractivity contribution in [2.24, 2.45) is 0 Å². The molecule has 51 heavy (non-hydrogen) atoms. The number of para-hydroxylation sites is 1. The molecule has 0 saturated carbocycles. The molecule has 7 rings (SSSR count). The molecule has 12 nitrogen and oxygen atoms in total. The molecule has 4 aromatic rings. The van der Waals surface area contributed by atoms with E-state index in [1.165, 1.54) is 11.0 Å². The zero-order chi connectivity index (χ0) is 35.9. The average Bonchev–Trinajstić information content (AvgIpc) is 3.48. The van der Waals surface area contributed by atoms with Crippen molar-refractivity contribution in [3.63, 3.8) is 0 Å². The Labute approximate surface area is 300 Å². The smallest absolute Gasteiger partial charge is 0.418 e. The number of H-pyrrole nitrogens is 1. The number of carbonyl (C=O) groups excluding carboxylic acids is 2. The number of fused-ring (bicyclic) bond motifs is 3. The second kappa shape index (κ2) is 14.5. The summed E-state index contributed by atoms with van der Waals surface area (Å²) < 4.78 is 49.1. The van der Waals surface area contributed by atoms with E-state index in [1.54, 1.807) is 15.7 Å². The fourth-order valence-corrected chi connectivity index (χ4v) is 8.20. The van der Waals surface area contributed by atoms with Crippen LogP contribution in [0.3, 0.4) is 0 Å². The minimum absolute atomic E-state index is 0.0400. The minimum Gasteiger partial charge on any atom is -0.436 e. The number of alkyl halides is 3. The summed E-state index contributed by atoms with van der Waals surface area (Å²) in [5.41, 5.74) is 6.29. The van der Waals surface area contributed by atoms with Crippen molar-refractivity contribution in [1.29, 1.82) is 0 Å². The molecule has 4 N–H and O–H groups in total. The van der Waals surface area contributed by atoms with Gasteiger partial charge < -0.3 is 30.6 Å². The van der Waals surface area contributed by atoms with E-state index >= 15 is 0 Å². The van der Waals surface area contributed by atoms with Gasteiger partial charge in [-0.1, -0.05) is 18.2 Å². The summed E-state index contributed by atoms with van der Waals surface area (Å²) in [6, 6.07) is 10.1. The molecule has 1 atom stereocenters. The van der Waals surface area contributed by atoms with Gasteiger partial charge in [0.1, 0.15) is 0 Å². The normalized spacial score (nSPS) is 19.1. The Morgan fingerprint density at radius 2 is 1.69 bits per heavy atom. The lowest BCUT2D eigenvalue weighted by atomic mass is 10.0. The fraction of sp³-hybridized carbons (Fsp3) is 0.486. The number of pyridine rings is 1. The topological polar surface area (TPSA) is 142 Å². The van der Waals surface area contributed by atoms with Gasteiger partial charge in [0.05, 0.1) is 34.0 Å². The first-order valence-electron chi connectivity index (χ1n) is 17.3. The molecule has 3 fully saturated rings. The zero-order valence-electron chi connectivity index (χ0n) is 27.9. The first-order chi connectivity index (χ1) is 24.5. The molecule has 0 unspecified atom stereocenters. The van der Waals surface area contributed by atoms with Crippen LogP contribution in [0.1, 0.15) is 42.9 Å². The Bertz CT molecular complexity index is 1980. The fourth-order valence-electron chi connectivity index (χ4n) is 7.69. The number of piperidine rings is 2. The highest BCUT2D eigenvalue weighted by molar-refractivity contribution is 9.10. The van der Waals surface area contributed by atoms with Crippen molar-refractivity contribution in [1.82, 2.24) is 34.6 Å². The number of nitrogens with two attached hydrogens (primary N) is 1. The summed E-state index contributed by atoms with van der Waals surface area (Å²) in [6.07, 6.45) is -2.43. The van der Waals surface area contributed by atoms with Crippen LogP contribution < -0.4 is 16.7 Å². The molecular formula is C35H40BrF3N8O4. The first-order valence-corrected chi connectivity index (χ1v) is 18.1. The molecule has 272 valence electrons. The molecule has 3 aliphatic heterocycles. The Hall–Kier alpha value is -4.15. The zero-order valence-corrected chi connectivity index (χ0v) is 29.5. The van der Waals surface area contributed by atoms with Crippen molar-refractivity contribution in [3.05, 3.63) is 68.7 Å². The minimum atomic E-state index is -4.72. The molecule has 2 amide bonds. The highest BCUT2D eigenvalue weighted by Crippen LogP contribution is 2.38. The van der Waals surface area contributed by atoms with E-state index in [4.69, 9.17) is 10.5 Å². The number of benzene rings is 2. The first kappa shape index (κ1) is 35.3. The van der Waals surface area contributed by atoms with E-state index in [9.17, 15) is 27.6 Å². The number of hydrogen-bond acceptors (Lipinski definition) is 8. The van der Waals surface area contributed by atoms with Crippen LogP contribution in [0.4, 0.5) is 23.7 Å². The Kier molecular flexibility index (Phi) is 10.0. The number of nitrogens with one attached hydrogen (secondary N) is 2. The number of rotatable bonds is 6. The number of anilines is 1. The third kappa shape index (κ3) is 7.31. The molecule has 0 radical (unpaired) electrons. The molecule has 5 heterocycles. The second-order valence-electron chi connectivity index (χ2n) is 13.5. The lowest BCUT2D eigenvalue weighted by Crippen LogP contribution is -2.56. The largest absolute Gasteiger partial charge is 0.436 e. The van der Waals surface area contributed by atoms with Gasteiger partial charge in [0.15, 0.2) is 6.10 Å². The molecule has 3 aliphatic rings. The number of amides is 2. The maximum Gasteiger partial charge on any atom is 0.418 e. The van der Waals surface area contributed by atoms with E-state index < -0.39 is 35.5 Å². The van der Waals surface area contributed by atoms with Crippen LogP contribution in [0.25, 0.3) is 21.9 Å². The van der Waals surface area contributed by atoms with Crippen LogP contribution in [-0.2, 0) is 22.1 Å². The van der Waals surface area contributed by atoms with Crippen molar-refractivity contribution in [2.45, 2.75) is 56.5 Å². The van der Waals surface area contributed by atoms with Crippen LogP contribution in [0.15, 0.2) is 51.9 Å². The molecule has 2 aromatic carbocycles. The second-order valence-corrected chi connectivity index (χ2v) is 14.4. The van der Waals surface area contributed by atoms with Gasteiger partial charge in [-0.15, -0.1) is 0 Å². The summed E-state index contributed by atoms with van der Waals surface area (Å²) >= 11 is 3.13. The third-order valence-corrected chi connectivity index (χ3v) is 11.1. The predicted octanol–water partition coefficient (Wildman–Crippen LogP) is 4.52. The predicted molar refractivity (Wildman–Crippen MR) is 189 cm³/mol. The SMILES string of the molecule is Nc1c(Br)cc(C[C@@H](OC(=O)N2CCC(n3c(=O)[nH]c4c5ccccc5ncc43)CC2)C(=O)N2CCN(C3CCNCC3)CC2)cc1C(F)(F)F. The molecule has 0 aliphatic carbocycles. The standard InChI is InChI=1S/C35H40BrF3N8O4/c36-26-18-21(17-25(30(26)40)35(37,38)39)19-29(32(48)45-15-13-44(14-16-45)22-5-9-41-10-6-22)51-34(50)46-11-7-23(8-12-46)47-28-20-42-27-4-2-1-3-24(27)31(28)43-33(47)49/h1-4,17-18,20,22-23,29,41H,5-16,19,40H2,(H,43,49)/t29-/m1/s1. The summed E-state index contributed by atoms with van der Waals surface area (Å²) in [6.45, 7) is 4.57. The van der Waals surface area contributed by atoms with E-state index in [0.29, 0.717) is 56.1 Å². The summed E-state index contributed by atoms with van der Waals surface area (Å²) in [7, 11) is 0. The molecule has 2 aromatic heterocycles. The average molecular weight is 774 g/mol. The van der Waals surface area contributed by atoms with Gasteiger partial charge in [0.2, 0.25) is 0 Å². The summed E-state index contributed by atoms with van der Waals surface area (Å²) in [4.78, 5) is 53.7. The summed E-state index contributed by atoms with van der Waals surface area (Å²) in [5, 5.41) is 4.20. The Morgan fingerprint density at radius 3 is 2.39 bits per heavy atom. The number of nitrogens with zero attached hydrogens (tertiary/aromatic N) is 5. The maximum atomic E-state index is 14.0. The molecule has 16 heteroatoms. The number of likely N-dealkylation sites (tertiary alicyclic amines) is 1. The van der Waals surface area contributed by atoms with Gasteiger partial charge in [0.25, 0.3) is 5.91 Å². The number of ether oxygens (including phenoxy) is 1. The van der Waals surface area contributed by atoms with Crippen LogP contribution in [-0.4, -0.2) is 106 Å². The lowest BCUT2D eigenvalue weighted by molar-refractivity contribution is -0.143. The van der Waals surface area contributed by atoms with Crippen LogP contribution in [0.2, 0.25) is 0 Å². The monoisotopic (exact) mass is 772 g/mol. The number of piperazine rings is 1.